The molecule has 2 aromatic rings. The van der Waals surface area contributed by atoms with Gasteiger partial charge in [0.1, 0.15) is 0 Å². The molecule has 0 spiro atoms. The van der Waals surface area contributed by atoms with Crippen LogP contribution < -0.4 is 0 Å². The van der Waals surface area contributed by atoms with E-state index in [9.17, 15) is 9.90 Å². The molecule has 2 aliphatic rings. The van der Waals surface area contributed by atoms with Crippen LogP contribution in [0.4, 0.5) is 0 Å². The molecule has 0 radical (unpaired) electrons. The summed E-state index contributed by atoms with van der Waals surface area (Å²) in [6, 6.07) is 12.5. The van der Waals surface area contributed by atoms with Crippen molar-refractivity contribution in [3.63, 3.8) is 0 Å². The lowest BCUT2D eigenvalue weighted by molar-refractivity contribution is -0.150. The van der Waals surface area contributed by atoms with Crippen molar-refractivity contribution in [3.8, 4) is 11.1 Å². The summed E-state index contributed by atoms with van der Waals surface area (Å²) in [6.07, 6.45) is 6.95. The maximum atomic E-state index is 13.5. The number of aromatic nitrogens is 1. The van der Waals surface area contributed by atoms with Crippen LogP contribution in [0, 0.1) is 5.41 Å². The molecule has 1 aromatic heterocycles. The number of hydrogen-bond donors (Lipinski definition) is 1. The van der Waals surface area contributed by atoms with Crippen molar-refractivity contribution in [2.45, 2.75) is 38.2 Å². The summed E-state index contributed by atoms with van der Waals surface area (Å²) in [7, 11) is 0. The molecule has 0 atom stereocenters. The minimum absolute atomic E-state index is 0.237. The fourth-order valence-electron chi connectivity index (χ4n) is 4.38. The fourth-order valence-corrected chi connectivity index (χ4v) is 4.38. The topological polar surface area (TPSA) is 62.7 Å². The molecule has 1 aromatic carbocycles. The van der Waals surface area contributed by atoms with Crippen molar-refractivity contribution >= 4 is 5.91 Å². The Morgan fingerprint density at radius 1 is 1.04 bits per heavy atom. The normalized spacial score (nSPS) is 20.1. The second-order valence-corrected chi connectivity index (χ2v) is 8.03. The summed E-state index contributed by atoms with van der Waals surface area (Å²) in [4.78, 5) is 19.5. The van der Waals surface area contributed by atoms with E-state index >= 15 is 0 Å². The fraction of sp³-hybridized carbons (Fsp3) is 0.478. The molecular weight excluding hydrogens is 352 g/mol. The lowest BCUT2D eigenvalue weighted by Gasteiger charge is -2.41. The van der Waals surface area contributed by atoms with Crippen LogP contribution in [0.15, 0.2) is 48.8 Å². The molecule has 2 aliphatic heterocycles. The highest BCUT2D eigenvalue weighted by Crippen LogP contribution is 2.37. The van der Waals surface area contributed by atoms with E-state index < -0.39 is 5.41 Å². The first-order chi connectivity index (χ1) is 13.7. The predicted octanol–water partition coefficient (Wildman–Crippen LogP) is 3.07. The Morgan fingerprint density at radius 2 is 1.64 bits per heavy atom. The number of piperidine rings is 1. The summed E-state index contributed by atoms with van der Waals surface area (Å²) in [5.41, 5.74) is 3.09. The quantitative estimate of drug-likeness (QED) is 0.885. The van der Waals surface area contributed by atoms with Crippen molar-refractivity contribution in [1.82, 2.24) is 9.88 Å². The highest BCUT2D eigenvalue weighted by atomic mass is 16.5. The number of pyridine rings is 1. The zero-order valence-corrected chi connectivity index (χ0v) is 16.2. The van der Waals surface area contributed by atoms with Gasteiger partial charge in [-0.3, -0.25) is 9.78 Å². The number of aliphatic hydroxyl groups is 1. The summed E-state index contributed by atoms with van der Waals surface area (Å²) in [6.45, 7) is 2.59. The maximum Gasteiger partial charge on any atom is 0.229 e. The van der Waals surface area contributed by atoms with Gasteiger partial charge in [0.25, 0.3) is 0 Å². The van der Waals surface area contributed by atoms with Crippen molar-refractivity contribution < 1.29 is 14.6 Å². The summed E-state index contributed by atoms with van der Waals surface area (Å²) < 4.78 is 5.58. The highest BCUT2D eigenvalue weighted by molar-refractivity contribution is 5.83. The average molecular weight is 380 g/mol. The van der Waals surface area contributed by atoms with Gasteiger partial charge in [-0.25, -0.2) is 0 Å². The third-order valence-electron chi connectivity index (χ3n) is 6.17. The van der Waals surface area contributed by atoms with Gasteiger partial charge < -0.3 is 14.7 Å². The minimum Gasteiger partial charge on any atom is -0.393 e. The lowest BCUT2D eigenvalue weighted by Crippen LogP contribution is -2.51. The summed E-state index contributed by atoms with van der Waals surface area (Å²) >= 11 is 0. The smallest absolute Gasteiger partial charge is 0.229 e. The van der Waals surface area contributed by atoms with Crippen LogP contribution in [-0.4, -0.2) is 53.3 Å². The molecule has 148 valence electrons. The SMILES string of the molecule is O=C(N1CCC(O)CC1)C1(Cc2ccc(-c3ccncc3)cc2)CCOCC1. The summed E-state index contributed by atoms with van der Waals surface area (Å²) in [5, 5.41) is 9.78. The average Bonchev–Trinajstić information content (AvgIpc) is 2.76. The van der Waals surface area contributed by atoms with Gasteiger partial charge in [0.15, 0.2) is 0 Å². The molecule has 5 nitrogen and oxygen atoms in total. The number of aliphatic hydroxyl groups excluding tert-OH is 1. The van der Waals surface area contributed by atoms with Gasteiger partial charge in [0.05, 0.1) is 11.5 Å². The Morgan fingerprint density at radius 3 is 2.29 bits per heavy atom. The number of nitrogens with zero attached hydrogens (tertiary/aromatic N) is 2. The van der Waals surface area contributed by atoms with Gasteiger partial charge in [-0.1, -0.05) is 24.3 Å². The van der Waals surface area contributed by atoms with E-state index in [1.165, 1.54) is 5.56 Å². The third-order valence-corrected chi connectivity index (χ3v) is 6.17. The van der Waals surface area contributed by atoms with Gasteiger partial charge in [-0.05, 0) is 60.9 Å². The van der Waals surface area contributed by atoms with Gasteiger partial charge >= 0.3 is 0 Å². The van der Waals surface area contributed by atoms with Crippen LogP contribution in [0.1, 0.15) is 31.2 Å². The number of rotatable bonds is 4. The second kappa shape index (κ2) is 8.41. The first-order valence-corrected chi connectivity index (χ1v) is 10.2. The molecule has 0 bridgehead atoms. The van der Waals surface area contributed by atoms with Crippen LogP contribution >= 0.6 is 0 Å². The van der Waals surface area contributed by atoms with E-state index in [-0.39, 0.29) is 12.0 Å². The van der Waals surface area contributed by atoms with Crippen molar-refractivity contribution in [2.24, 2.45) is 5.41 Å². The molecule has 3 heterocycles. The maximum absolute atomic E-state index is 13.5. The molecule has 0 aliphatic carbocycles. The van der Waals surface area contributed by atoms with E-state index in [1.807, 2.05) is 17.0 Å². The monoisotopic (exact) mass is 380 g/mol. The van der Waals surface area contributed by atoms with E-state index in [2.05, 4.69) is 29.2 Å². The van der Waals surface area contributed by atoms with Gasteiger partial charge in [-0.2, -0.15) is 0 Å². The Kier molecular flexibility index (Phi) is 5.74. The van der Waals surface area contributed by atoms with Crippen LogP contribution in [0.5, 0.6) is 0 Å². The minimum atomic E-state index is -0.390. The standard InChI is InChI=1S/C23H28N2O3/c26-21-7-13-25(14-8-21)22(27)23(9-15-28-16-10-23)17-18-1-3-19(4-2-18)20-5-11-24-12-6-20/h1-6,11-12,21,26H,7-10,13-17H2. The number of ether oxygens (including phenoxy) is 1. The van der Waals surface area contributed by atoms with Crippen LogP contribution in [0.25, 0.3) is 11.1 Å². The van der Waals surface area contributed by atoms with Gasteiger partial charge in [0, 0.05) is 38.7 Å². The molecule has 2 saturated heterocycles. The zero-order chi connectivity index (χ0) is 19.4. The predicted molar refractivity (Wildman–Crippen MR) is 108 cm³/mol. The Hall–Kier alpha value is -2.24. The molecule has 1 N–H and O–H groups in total. The van der Waals surface area contributed by atoms with E-state index in [4.69, 9.17) is 4.74 Å². The van der Waals surface area contributed by atoms with Crippen molar-refractivity contribution in [2.75, 3.05) is 26.3 Å². The third kappa shape index (κ3) is 4.10. The molecule has 2 fully saturated rings. The van der Waals surface area contributed by atoms with Crippen LogP contribution in [-0.2, 0) is 16.0 Å². The molecule has 0 saturated carbocycles. The zero-order valence-electron chi connectivity index (χ0n) is 16.2. The van der Waals surface area contributed by atoms with Gasteiger partial charge in [-0.15, -0.1) is 0 Å². The molecular formula is C23H28N2O3. The van der Waals surface area contributed by atoms with Crippen molar-refractivity contribution in [3.05, 3.63) is 54.4 Å². The molecule has 0 unspecified atom stereocenters. The van der Waals surface area contributed by atoms with Crippen molar-refractivity contribution in [1.29, 1.82) is 0 Å². The number of carbonyl (C=O) groups excluding carboxylic acids is 1. The number of benzene rings is 1. The van der Waals surface area contributed by atoms with Crippen LogP contribution in [0.3, 0.4) is 0 Å². The Balaban J connectivity index is 1.52. The van der Waals surface area contributed by atoms with E-state index in [0.717, 1.165) is 30.4 Å². The number of carbonyl (C=O) groups is 1. The first kappa shape index (κ1) is 19.1. The Labute approximate surface area is 166 Å². The molecule has 5 heteroatoms. The lowest BCUT2D eigenvalue weighted by atomic mass is 9.73. The van der Waals surface area contributed by atoms with Gasteiger partial charge in [0.2, 0.25) is 5.91 Å². The second-order valence-electron chi connectivity index (χ2n) is 8.03. The first-order valence-electron chi connectivity index (χ1n) is 10.2. The number of amides is 1. The van der Waals surface area contributed by atoms with E-state index in [1.54, 1.807) is 12.4 Å². The molecule has 1 amide bonds. The molecule has 4 rings (SSSR count). The number of hydrogen-bond acceptors (Lipinski definition) is 4. The molecule has 28 heavy (non-hydrogen) atoms. The number of likely N-dealkylation sites (tertiary alicyclic amines) is 1. The summed E-state index contributed by atoms with van der Waals surface area (Å²) in [5.74, 6) is 0.237. The van der Waals surface area contributed by atoms with E-state index in [0.29, 0.717) is 39.1 Å². The largest absolute Gasteiger partial charge is 0.393 e. The Bertz CT molecular complexity index is 777. The highest BCUT2D eigenvalue weighted by Gasteiger charge is 2.43. The van der Waals surface area contributed by atoms with Crippen LogP contribution in [0.2, 0.25) is 0 Å².